The fourth-order valence-electron chi connectivity index (χ4n) is 4.02. The van der Waals surface area contributed by atoms with Gasteiger partial charge in [-0.2, -0.15) is 0 Å². The Morgan fingerprint density at radius 3 is 2.11 bits per heavy atom. The first-order chi connectivity index (χ1) is 13.0. The lowest BCUT2D eigenvalue weighted by Crippen LogP contribution is -2.64. The molecule has 2 aromatic rings. The van der Waals surface area contributed by atoms with Gasteiger partial charge in [-0.3, -0.25) is 4.79 Å². The highest BCUT2D eigenvalue weighted by Crippen LogP contribution is 2.44. The number of benzene rings is 2. The van der Waals surface area contributed by atoms with Gasteiger partial charge in [0.15, 0.2) is 0 Å². The van der Waals surface area contributed by atoms with Gasteiger partial charge in [0.05, 0.1) is 5.41 Å². The minimum Gasteiger partial charge on any atom is -0.369 e. The van der Waals surface area contributed by atoms with E-state index in [1.165, 1.54) is 11.1 Å². The number of amides is 3. The Bertz CT molecular complexity index is 825. The van der Waals surface area contributed by atoms with Crippen LogP contribution in [-0.2, 0) is 16.6 Å². The van der Waals surface area contributed by atoms with Crippen LogP contribution in [0.25, 0.3) is 0 Å². The van der Waals surface area contributed by atoms with Crippen molar-refractivity contribution in [2.45, 2.75) is 24.7 Å². The number of nitrogens with two attached hydrogens (primary N) is 1. The number of nitrogens with zero attached hydrogens (tertiary/aromatic N) is 1. The first kappa shape index (κ1) is 17.6. The van der Waals surface area contributed by atoms with Crippen molar-refractivity contribution in [2.24, 2.45) is 11.1 Å². The number of primary amides is 1. The minimum atomic E-state index is -0.513. The summed E-state index contributed by atoms with van der Waals surface area (Å²) in [6.07, 6.45) is 2.43. The lowest BCUT2D eigenvalue weighted by molar-refractivity contribution is -0.122. The van der Waals surface area contributed by atoms with Crippen molar-refractivity contribution in [2.75, 3.05) is 19.6 Å². The molecule has 0 spiro atoms. The summed E-state index contributed by atoms with van der Waals surface area (Å²) < 4.78 is 0. The van der Waals surface area contributed by atoms with Crippen LogP contribution in [0.2, 0.25) is 0 Å². The van der Waals surface area contributed by atoms with E-state index in [1.54, 1.807) is 0 Å². The highest BCUT2D eigenvalue weighted by atomic mass is 16.2. The van der Waals surface area contributed by atoms with E-state index in [4.69, 9.17) is 5.73 Å². The summed E-state index contributed by atoms with van der Waals surface area (Å²) in [6, 6.07) is 20.7. The van der Waals surface area contributed by atoms with Gasteiger partial charge < -0.3 is 16.0 Å². The van der Waals surface area contributed by atoms with Crippen LogP contribution in [-0.4, -0.2) is 36.5 Å². The monoisotopic (exact) mass is 363 g/mol. The van der Waals surface area contributed by atoms with Crippen LogP contribution in [0.4, 0.5) is 4.79 Å². The van der Waals surface area contributed by atoms with Crippen LogP contribution in [0.3, 0.4) is 0 Å². The molecule has 1 saturated heterocycles. The molecule has 140 valence electrons. The van der Waals surface area contributed by atoms with Gasteiger partial charge in [0, 0.05) is 25.0 Å². The first-order valence-corrected chi connectivity index (χ1v) is 9.45. The van der Waals surface area contributed by atoms with Crippen molar-refractivity contribution in [3.8, 4) is 0 Å². The maximum atomic E-state index is 12.6. The number of rotatable bonds is 6. The van der Waals surface area contributed by atoms with Crippen molar-refractivity contribution < 1.29 is 9.59 Å². The summed E-state index contributed by atoms with van der Waals surface area (Å²) in [5, 5.41) is 2.91. The van der Waals surface area contributed by atoms with Gasteiger partial charge in [0.1, 0.15) is 0 Å². The molecule has 1 saturated carbocycles. The lowest BCUT2D eigenvalue weighted by atomic mass is 9.70. The van der Waals surface area contributed by atoms with Crippen molar-refractivity contribution in [1.82, 2.24) is 10.2 Å². The van der Waals surface area contributed by atoms with Gasteiger partial charge in [-0.25, -0.2) is 4.79 Å². The largest absolute Gasteiger partial charge is 0.369 e. The number of carbonyl (C=O) groups is 2. The molecule has 0 radical (unpaired) electrons. The molecule has 5 nitrogen and oxygen atoms in total. The van der Waals surface area contributed by atoms with E-state index in [0.717, 1.165) is 19.3 Å². The van der Waals surface area contributed by atoms with Crippen molar-refractivity contribution in [1.29, 1.82) is 0 Å². The van der Waals surface area contributed by atoms with Crippen LogP contribution in [0.15, 0.2) is 60.7 Å². The number of nitrogens with one attached hydrogen (secondary N) is 1. The van der Waals surface area contributed by atoms with Crippen LogP contribution in [0, 0.1) is 5.41 Å². The highest BCUT2D eigenvalue weighted by Gasteiger charge is 2.50. The second kappa shape index (κ2) is 6.72. The Kier molecular flexibility index (Phi) is 4.38. The molecule has 27 heavy (non-hydrogen) atoms. The number of likely N-dealkylation sites (tertiary alicyclic amines) is 1. The predicted octanol–water partition coefficient (Wildman–Crippen LogP) is 2.46. The third-order valence-corrected chi connectivity index (χ3v) is 6.00. The van der Waals surface area contributed by atoms with E-state index >= 15 is 0 Å². The van der Waals surface area contributed by atoms with E-state index in [2.05, 4.69) is 53.8 Å². The Balaban J connectivity index is 1.44. The molecule has 2 aromatic carbocycles. The molecule has 5 heteroatoms. The van der Waals surface area contributed by atoms with Crippen molar-refractivity contribution >= 4 is 11.9 Å². The average Bonchev–Trinajstić information content (AvgIpc) is 3.45. The molecule has 0 aromatic heterocycles. The second-order valence-corrected chi connectivity index (χ2v) is 7.97. The second-order valence-electron chi connectivity index (χ2n) is 7.97. The average molecular weight is 363 g/mol. The van der Waals surface area contributed by atoms with E-state index in [0.29, 0.717) is 19.6 Å². The summed E-state index contributed by atoms with van der Waals surface area (Å²) >= 11 is 0. The Labute approximate surface area is 159 Å². The van der Waals surface area contributed by atoms with E-state index in [-0.39, 0.29) is 17.4 Å². The zero-order chi connectivity index (χ0) is 18.9. The Morgan fingerprint density at radius 1 is 0.963 bits per heavy atom. The molecule has 1 heterocycles. The SMILES string of the molecule is NC(=O)C1(CNC(=O)N2CC(Cc3ccccc3)(c3ccccc3)C2)CC1. The van der Waals surface area contributed by atoms with E-state index in [1.807, 2.05) is 17.0 Å². The van der Waals surface area contributed by atoms with E-state index in [9.17, 15) is 9.59 Å². The third-order valence-electron chi connectivity index (χ3n) is 6.00. The maximum Gasteiger partial charge on any atom is 0.317 e. The van der Waals surface area contributed by atoms with E-state index < -0.39 is 5.41 Å². The number of hydrogen-bond acceptors (Lipinski definition) is 2. The van der Waals surface area contributed by atoms with Crippen LogP contribution < -0.4 is 11.1 Å². The summed E-state index contributed by atoms with van der Waals surface area (Å²) in [4.78, 5) is 25.9. The highest BCUT2D eigenvalue weighted by molar-refractivity contribution is 5.85. The van der Waals surface area contributed by atoms with Crippen LogP contribution in [0.1, 0.15) is 24.0 Å². The molecule has 1 aliphatic carbocycles. The zero-order valence-electron chi connectivity index (χ0n) is 15.4. The fourth-order valence-corrected chi connectivity index (χ4v) is 4.02. The number of urea groups is 1. The van der Waals surface area contributed by atoms with Gasteiger partial charge >= 0.3 is 6.03 Å². The van der Waals surface area contributed by atoms with Crippen LogP contribution >= 0.6 is 0 Å². The molecule has 4 rings (SSSR count). The lowest BCUT2D eigenvalue weighted by Gasteiger charge is -2.50. The molecule has 1 aliphatic heterocycles. The van der Waals surface area contributed by atoms with Gasteiger partial charge in [0.2, 0.25) is 5.91 Å². The van der Waals surface area contributed by atoms with Crippen LogP contribution in [0.5, 0.6) is 0 Å². The fraction of sp³-hybridized carbons (Fsp3) is 0.364. The zero-order valence-corrected chi connectivity index (χ0v) is 15.4. The van der Waals surface area contributed by atoms with Crippen molar-refractivity contribution in [3.63, 3.8) is 0 Å². The molecule has 3 amide bonds. The molecule has 2 aliphatic rings. The Hall–Kier alpha value is -2.82. The van der Waals surface area contributed by atoms with Gasteiger partial charge in [-0.1, -0.05) is 60.7 Å². The standard InChI is InChI=1S/C22H25N3O2/c23-19(26)21(11-12-21)14-24-20(27)25-15-22(16-25,18-9-5-2-6-10-18)13-17-7-3-1-4-8-17/h1-10H,11-16H2,(H2,23,26)(H,24,27). The van der Waals surface area contributed by atoms with Gasteiger partial charge in [-0.05, 0) is 30.4 Å². The quantitative estimate of drug-likeness (QED) is 0.827. The summed E-state index contributed by atoms with van der Waals surface area (Å²) in [7, 11) is 0. The number of carbonyl (C=O) groups excluding carboxylic acids is 2. The molecular weight excluding hydrogens is 338 g/mol. The first-order valence-electron chi connectivity index (χ1n) is 9.45. The molecule has 0 unspecified atom stereocenters. The topological polar surface area (TPSA) is 75.4 Å². The number of hydrogen-bond donors (Lipinski definition) is 2. The molecule has 2 fully saturated rings. The molecule has 0 atom stereocenters. The Morgan fingerprint density at radius 2 is 1.56 bits per heavy atom. The molecule has 0 bridgehead atoms. The minimum absolute atomic E-state index is 0.0685. The van der Waals surface area contributed by atoms with Crippen molar-refractivity contribution in [3.05, 3.63) is 71.8 Å². The normalized spacial score (nSPS) is 19.0. The smallest absolute Gasteiger partial charge is 0.317 e. The van der Waals surface area contributed by atoms with Gasteiger partial charge in [0.25, 0.3) is 0 Å². The summed E-state index contributed by atoms with van der Waals surface area (Å²) in [5.41, 5.74) is 7.39. The molecular formula is C22H25N3O2. The maximum absolute atomic E-state index is 12.6. The predicted molar refractivity (Wildman–Crippen MR) is 104 cm³/mol. The third kappa shape index (κ3) is 3.42. The van der Waals surface area contributed by atoms with Gasteiger partial charge in [-0.15, -0.1) is 0 Å². The summed E-state index contributed by atoms with van der Waals surface area (Å²) in [5.74, 6) is -0.311. The summed E-state index contributed by atoms with van der Waals surface area (Å²) in [6.45, 7) is 1.68. The molecule has 3 N–H and O–H groups in total.